The van der Waals surface area contributed by atoms with Crippen LogP contribution in [0.5, 0.6) is 0 Å². The van der Waals surface area contributed by atoms with E-state index in [2.05, 4.69) is 28.1 Å². The number of aliphatic hydroxyl groups excluding tert-OH is 1. The number of hydrogen-bond acceptors (Lipinski definition) is 5. The van der Waals surface area contributed by atoms with E-state index >= 15 is 0 Å². The van der Waals surface area contributed by atoms with Crippen molar-refractivity contribution in [2.24, 2.45) is 0 Å². The minimum absolute atomic E-state index is 0.0271. The number of carbonyl (C=O) groups is 3. The molecule has 0 aromatic heterocycles. The van der Waals surface area contributed by atoms with Crippen molar-refractivity contribution in [2.75, 3.05) is 18.5 Å². The fourth-order valence-corrected chi connectivity index (χ4v) is 2.22. The molecule has 0 radical (unpaired) electrons. The topological polar surface area (TPSA) is 120 Å². The summed E-state index contributed by atoms with van der Waals surface area (Å²) in [4.78, 5) is 34.9. The Labute approximate surface area is 150 Å². The first-order valence-electron chi connectivity index (χ1n) is 7.91. The molecular weight excluding hydrogens is 336 g/mol. The summed E-state index contributed by atoms with van der Waals surface area (Å²) in [5.74, 6) is -2.17. The molecule has 0 bridgehead atoms. The van der Waals surface area contributed by atoms with Crippen molar-refractivity contribution >= 4 is 34.2 Å². The first kappa shape index (κ1) is 18.9. The lowest BCUT2D eigenvalue weighted by Crippen LogP contribution is -2.46. The maximum Gasteiger partial charge on any atom is 0.327 e. The van der Waals surface area contributed by atoms with Crippen LogP contribution in [-0.2, 0) is 14.4 Å². The first-order valence-corrected chi connectivity index (χ1v) is 7.91. The average molecular weight is 356 g/mol. The van der Waals surface area contributed by atoms with Gasteiger partial charge in [0.2, 0.25) is 5.91 Å². The van der Waals surface area contributed by atoms with Crippen molar-refractivity contribution in [1.82, 2.24) is 16.2 Å². The predicted molar refractivity (Wildman–Crippen MR) is 97.7 cm³/mol. The Morgan fingerprint density at radius 1 is 0.962 bits per heavy atom. The van der Waals surface area contributed by atoms with Gasteiger partial charge in [0.05, 0.1) is 13.0 Å². The van der Waals surface area contributed by atoms with Gasteiger partial charge in [-0.1, -0.05) is 43.0 Å². The highest BCUT2D eigenvalue weighted by Crippen LogP contribution is 2.23. The van der Waals surface area contributed by atoms with Crippen molar-refractivity contribution in [3.8, 4) is 0 Å². The van der Waals surface area contributed by atoms with E-state index in [4.69, 9.17) is 5.11 Å². The number of hydrazine groups is 1. The molecule has 3 amide bonds. The molecule has 5 N–H and O–H groups in total. The molecule has 0 aliphatic carbocycles. The van der Waals surface area contributed by atoms with Crippen LogP contribution in [0.25, 0.3) is 10.8 Å². The quantitative estimate of drug-likeness (QED) is 0.364. The molecule has 8 heteroatoms. The summed E-state index contributed by atoms with van der Waals surface area (Å²) in [6, 6.07) is 13.2. The van der Waals surface area contributed by atoms with Crippen LogP contribution in [0.3, 0.4) is 0 Å². The molecule has 0 aliphatic heterocycles. The lowest BCUT2D eigenvalue weighted by atomic mass is 10.1. The first-order chi connectivity index (χ1) is 12.5. The molecule has 8 nitrogen and oxygen atoms in total. The summed E-state index contributed by atoms with van der Waals surface area (Å²) >= 11 is 0. The zero-order valence-corrected chi connectivity index (χ0v) is 14.0. The Morgan fingerprint density at radius 3 is 2.46 bits per heavy atom. The van der Waals surface area contributed by atoms with E-state index in [1.54, 1.807) is 6.07 Å². The fourth-order valence-electron chi connectivity index (χ4n) is 2.22. The highest BCUT2D eigenvalue weighted by atomic mass is 16.3. The number of benzene rings is 2. The van der Waals surface area contributed by atoms with Crippen molar-refractivity contribution in [3.63, 3.8) is 0 Å². The SMILES string of the molecule is C=C(CC(=O)Nc1cccc2ccccc12)NNC(=O)C(=O)NCCO. The summed E-state index contributed by atoms with van der Waals surface area (Å²) in [5, 5.41) is 15.5. The molecule has 0 saturated carbocycles. The van der Waals surface area contributed by atoms with Crippen LogP contribution in [0.15, 0.2) is 54.7 Å². The second-order valence-corrected chi connectivity index (χ2v) is 5.41. The minimum Gasteiger partial charge on any atom is -0.395 e. The van der Waals surface area contributed by atoms with Gasteiger partial charge in [-0.15, -0.1) is 0 Å². The van der Waals surface area contributed by atoms with Crippen LogP contribution in [-0.4, -0.2) is 36.0 Å². The molecule has 0 fully saturated rings. The normalized spacial score (nSPS) is 10.0. The molecule has 136 valence electrons. The standard InChI is InChI=1S/C18H20N4O4/c1-12(21-22-18(26)17(25)19-9-10-23)11-16(24)20-15-8-4-6-13-5-2-3-7-14(13)15/h2-8,21,23H,1,9-11H2,(H,19,25)(H,20,24)(H,22,26). The van der Waals surface area contributed by atoms with Gasteiger partial charge >= 0.3 is 11.8 Å². The summed E-state index contributed by atoms with van der Waals surface area (Å²) in [7, 11) is 0. The van der Waals surface area contributed by atoms with Gasteiger partial charge in [0.1, 0.15) is 0 Å². The van der Waals surface area contributed by atoms with E-state index < -0.39 is 11.8 Å². The van der Waals surface area contributed by atoms with Crippen molar-refractivity contribution < 1.29 is 19.5 Å². The zero-order chi connectivity index (χ0) is 18.9. The largest absolute Gasteiger partial charge is 0.395 e. The third-order valence-corrected chi connectivity index (χ3v) is 3.39. The van der Waals surface area contributed by atoms with Gasteiger partial charge in [-0.25, -0.2) is 0 Å². The lowest BCUT2D eigenvalue weighted by Gasteiger charge is -2.12. The second-order valence-electron chi connectivity index (χ2n) is 5.41. The molecule has 2 rings (SSSR count). The van der Waals surface area contributed by atoms with Crippen LogP contribution >= 0.6 is 0 Å². The Kier molecular flexibility index (Phi) is 6.69. The number of fused-ring (bicyclic) bond motifs is 1. The molecule has 26 heavy (non-hydrogen) atoms. The highest BCUT2D eigenvalue weighted by Gasteiger charge is 2.13. The Hall–Kier alpha value is -3.39. The lowest BCUT2D eigenvalue weighted by molar-refractivity contribution is -0.139. The fraction of sp³-hybridized carbons (Fsp3) is 0.167. The van der Waals surface area contributed by atoms with E-state index in [-0.39, 0.29) is 31.2 Å². The van der Waals surface area contributed by atoms with Crippen molar-refractivity contribution in [2.45, 2.75) is 6.42 Å². The highest BCUT2D eigenvalue weighted by molar-refractivity contribution is 6.34. The molecule has 0 saturated heterocycles. The summed E-state index contributed by atoms with van der Waals surface area (Å²) in [6.45, 7) is 3.34. The minimum atomic E-state index is -0.950. The molecule has 0 unspecified atom stereocenters. The maximum absolute atomic E-state index is 12.2. The Morgan fingerprint density at radius 2 is 1.69 bits per heavy atom. The van der Waals surface area contributed by atoms with Crippen LogP contribution in [0.4, 0.5) is 5.69 Å². The average Bonchev–Trinajstić information content (AvgIpc) is 2.64. The van der Waals surface area contributed by atoms with Crippen LogP contribution in [0, 0.1) is 0 Å². The zero-order valence-electron chi connectivity index (χ0n) is 14.0. The molecular formula is C18H20N4O4. The van der Waals surface area contributed by atoms with Gasteiger partial charge in [-0.05, 0) is 11.5 Å². The van der Waals surface area contributed by atoms with Gasteiger partial charge in [-0.2, -0.15) is 0 Å². The third-order valence-electron chi connectivity index (χ3n) is 3.39. The van der Waals surface area contributed by atoms with Crippen molar-refractivity contribution in [1.29, 1.82) is 0 Å². The maximum atomic E-state index is 12.2. The van der Waals surface area contributed by atoms with E-state index in [1.807, 2.05) is 36.4 Å². The summed E-state index contributed by atoms with van der Waals surface area (Å²) in [5.41, 5.74) is 5.43. The van der Waals surface area contributed by atoms with Gasteiger partial charge in [-0.3, -0.25) is 19.8 Å². The third kappa shape index (κ3) is 5.32. The van der Waals surface area contributed by atoms with E-state index in [1.165, 1.54) is 0 Å². The van der Waals surface area contributed by atoms with Gasteiger partial charge in [0.25, 0.3) is 0 Å². The molecule has 0 aliphatic rings. The Bertz CT molecular complexity index is 830. The Balaban J connectivity index is 1.84. The van der Waals surface area contributed by atoms with Crippen molar-refractivity contribution in [3.05, 3.63) is 54.7 Å². The molecule has 2 aromatic rings. The molecule has 2 aromatic carbocycles. The van der Waals surface area contributed by atoms with Gasteiger partial charge in [0.15, 0.2) is 0 Å². The number of carbonyl (C=O) groups excluding carboxylic acids is 3. The van der Waals surface area contributed by atoms with Gasteiger partial charge in [0, 0.05) is 23.3 Å². The second kappa shape index (κ2) is 9.19. The monoisotopic (exact) mass is 356 g/mol. The number of rotatable bonds is 7. The van der Waals surface area contributed by atoms with Gasteiger partial charge < -0.3 is 21.2 Å². The number of nitrogens with one attached hydrogen (secondary N) is 4. The molecule has 0 spiro atoms. The number of anilines is 1. The van der Waals surface area contributed by atoms with E-state index in [9.17, 15) is 14.4 Å². The predicted octanol–water partition coefficient (Wildman–Crippen LogP) is 0.411. The smallest absolute Gasteiger partial charge is 0.327 e. The number of hydrogen-bond donors (Lipinski definition) is 5. The summed E-state index contributed by atoms with van der Waals surface area (Å²) in [6.07, 6.45) is -0.0955. The number of aliphatic hydroxyl groups is 1. The van der Waals surface area contributed by atoms with Crippen LogP contribution in [0.2, 0.25) is 0 Å². The van der Waals surface area contributed by atoms with Crippen LogP contribution < -0.4 is 21.5 Å². The van der Waals surface area contributed by atoms with Crippen LogP contribution in [0.1, 0.15) is 6.42 Å². The summed E-state index contributed by atoms with van der Waals surface area (Å²) < 4.78 is 0. The molecule has 0 atom stereocenters. The molecule has 0 heterocycles. The number of amides is 3. The van der Waals surface area contributed by atoms with E-state index in [0.717, 1.165) is 10.8 Å². The van der Waals surface area contributed by atoms with E-state index in [0.29, 0.717) is 5.69 Å².